The normalized spacial score (nSPS) is 22.9. The average molecular weight is 200 g/mol. The summed E-state index contributed by atoms with van der Waals surface area (Å²) >= 11 is 0. The fourth-order valence-corrected chi connectivity index (χ4v) is 1.43. The summed E-state index contributed by atoms with van der Waals surface area (Å²) in [6.07, 6.45) is 0. The van der Waals surface area contributed by atoms with Gasteiger partial charge in [0.25, 0.3) is 0 Å². The number of nitrogens with zero attached hydrogens (tertiary/aromatic N) is 1. The van der Waals surface area contributed by atoms with E-state index < -0.39 is 11.8 Å². The first-order valence-electron chi connectivity index (χ1n) is 4.77. The molecule has 1 rings (SSSR count). The van der Waals surface area contributed by atoms with Crippen LogP contribution in [0.15, 0.2) is 0 Å². The number of piperazine rings is 1. The number of aliphatic hydroxyl groups is 1. The number of nitrogens with one attached hydrogen (secondary N) is 1. The second-order valence-corrected chi connectivity index (χ2v) is 3.80. The molecular weight excluding hydrogens is 184 g/mol. The molecule has 2 N–H and O–H groups in total. The molecule has 0 bridgehead atoms. The number of β-amino-alcohol motifs (C(OH)–C–C–N with tert-alkyl or cyclic N) is 1. The van der Waals surface area contributed by atoms with E-state index in [1.807, 2.05) is 13.8 Å². The number of hydrogen-bond donors (Lipinski definition) is 2. The Morgan fingerprint density at radius 2 is 2.21 bits per heavy atom. The molecule has 5 nitrogen and oxygen atoms in total. The van der Waals surface area contributed by atoms with E-state index in [1.54, 1.807) is 0 Å². The zero-order chi connectivity index (χ0) is 10.7. The van der Waals surface area contributed by atoms with Gasteiger partial charge in [-0.2, -0.15) is 0 Å². The molecule has 80 valence electrons. The third kappa shape index (κ3) is 2.23. The highest BCUT2D eigenvalue weighted by atomic mass is 16.3. The van der Waals surface area contributed by atoms with Crippen LogP contribution in [0.25, 0.3) is 0 Å². The third-order valence-electron chi connectivity index (χ3n) is 2.39. The largest absolute Gasteiger partial charge is 0.395 e. The van der Waals surface area contributed by atoms with E-state index in [0.29, 0.717) is 6.54 Å². The molecule has 0 aromatic heterocycles. The van der Waals surface area contributed by atoms with Crippen molar-refractivity contribution in [2.75, 3.05) is 19.7 Å². The highest BCUT2D eigenvalue weighted by Gasteiger charge is 2.32. The Morgan fingerprint density at radius 3 is 2.71 bits per heavy atom. The second-order valence-electron chi connectivity index (χ2n) is 3.80. The lowest BCUT2D eigenvalue weighted by molar-refractivity contribution is -0.150. The van der Waals surface area contributed by atoms with Gasteiger partial charge in [-0.25, -0.2) is 0 Å². The average Bonchev–Trinajstić information content (AvgIpc) is 2.12. The van der Waals surface area contributed by atoms with Gasteiger partial charge in [-0.05, 0) is 5.92 Å². The fraction of sp³-hybridized carbons (Fsp3) is 0.778. The molecule has 1 aliphatic heterocycles. The van der Waals surface area contributed by atoms with Crippen LogP contribution in [0.2, 0.25) is 0 Å². The first-order chi connectivity index (χ1) is 6.56. The lowest BCUT2D eigenvalue weighted by atomic mass is 10.0. The van der Waals surface area contributed by atoms with Crippen LogP contribution < -0.4 is 5.32 Å². The van der Waals surface area contributed by atoms with Crippen LogP contribution in [0.5, 0.6) is 0 Å². The zero-order valence-electron chi connectivity index (χ0n) is 8.49. The van der Waals surface area contributed by atoms with E-state index >= 15 is 0 Å². The molecule has 0 aliphatic carbocycles. The maximum Gasteiger partial charge on any atom is 0.312 e. The van der Waals surface area contributed by atoms with E-state index in [-0.39, 0.29) is 25.1 Å². The number of carbonyl (C=O) groups excluding carboxylic acids is 2. The standard InChI is InChI=1S/C9H16N2O3/c1-6(2)7-5-11(3-4-12)9(14)8(13)10-7/h6-7,12H,3-5H2,1-2H3,(H,10,13). The van der Waals surface area contributed by atoms with E-state index in [4.69, 9.17) is 5.11 Å². The summed E-state index contributed by atoms with van der Waals surface area (Å²) in [4.78, 5) is 23.9. The minimum Gasteiger partial charge on any atom is -0.395 e. The van der Waals surface area contributed by atoms with Crippen molar-refractivity contribution in [3.63, 3.8) is 0 Å². The lowest BCUT2D eigenvalue weighted by Gasteiger charge is -2.34. The van der Waals surface area contributed by atoms with Gasteiger partial charge in [-0.3, -0.25) is 9.59 Å². The molecule has 0 aromatic carbocycles. The molecule has 0 saturated carbocycles. The highest BCUT2D eigenvalue weighted by molar-refractivity contribution is 6.35. The van der Waals surface area contributed by atoms with Gasteiger partial charge in [-0.15, -0.1) is 0 Å². The summed E-state index contributed by atoms with van der Waals surface area (Å²) in [5.41, 5.74) is 0. The summed E-state index contributed by atoms with van der Waals surface area (Å²) < 4.78 is 0. The molecular formula is C9H16N2O3. The van der Waals surface area contributed by atoms with Crippen LogP contribution in [0, 0.1) is 5.92 Å². The van der Waals surface area contributed by atoms with Crippen LogP contribution in [0.1, 0.15) is 13.8 Å². The van der Waals surface area contributed by atoms with Crippen LogP contribution >= 0.6 is 0 Å². The van der Waals surface area contributed by atoms with Crippen molar-refractivity contribution in [1.82, 2.24) is 10.2 Å². The molecule has 0 spiro atoms. The van der Waals surface area contributed by atoms with Crippen LogP contribution in [-0.2, 0) is 9.59 Å². The summed E-state index contributed by atoms with van der Waals surface area (Å²) in [6, 6.07) is -0.00764. The minimum atomic E-state index is -0.566. The van der Waals surface area contributed by atoms with E-state index in [1.165, 1.54) is 4.90 Å². The van der Waals surface area contributed by atoms with Gasteiger partial charge < -0.3 is 15.3 Å². The molecule has 0 radical (unpaired) electrons. The molecule has 14 heavy (non-hydrogen) atoms. The Bertz CT molecular complexity index is 240. The first kappa shape index (κ1) is 11.0. The van der Waals surface area contributed by atoms with Crippen LogP contribution in [0.3, 0.4) is 0 Å². The monoisotopic (exact) mass is 200 g/mol. The summed E-state index contributed by atoms with van der Waals surface area (Å²) in [7, 11) is 0. The Morgan fingerprint density at radius 1 is 1.57 bits per heavy atom. The lowest BCUT2D eigenvalue weighted by Crippen LogP contribution is -2.59. The Balaban J connectivity index is 2.66. The fourth-order valence-electron chi connectivity index (χ4n) is 1.43. The van der Waals surface area contributed by atoms with Gasteiger partial charge in [0, 0.05) is 19.1 Å². The summed E-state index contributed by atoms with van der Waals surface area (Å²) in [5.74, 6) is -0.826. The van der Waals surface area contributed by atoms with Gasteiger partial charge in [0.15, 0.2) is 0 Å². The second kappa shape index (κ2) is 4.41. The molecule has 1 unspecified atom stereocenters. The van der Waals surface area contributed by atoms with Gasteiger partial charge in [0.2, 0.25) is 0 Å². The molecule has 1 aliphatic rings. The molecule has 0 aromatic rings. The van der Waals surface area contributed by atoms with Gasteiger partial charge in [0.1, 0.15) is 0 Å². The molecule has 1 fully saturated rings. The van der Waals surface area contributed by atoms with Crippen LogP contribution in [-0.4, -0.2) is 47.6 Å². The van der Waals surface area contributed by atoms with Crippen molar-refractivity contribution in [2.24, 2.45) is 5.92 Å². The van der Waals surface area contributed by atoms with E-state index in [2.05, 4.69) is 5.32 Å². The minimum absolute atomic E-state index is 0.00764. The predicted octanol–water partition coefficient (Wildman–Crippen LogP) is -1.04. The maximum absolute atomic E-state index is 11.3. The zero-order valence-corrected chi connectivity index (χ0v) is 8.49. The number of aliphatic hydroxyl groups excluding tert-OH is 1. The van der Waals surface area contributed by atoms with Crippen molar-refractivity contribution in [2.45, 2.75) is 19.9 Å². The molecule has 1 heterocycles. The van der Waals surface area contributed by atoms with Crippen molar-refractivity contribution in [3.05, 3.63) is 0 Å². The van der Waals surface area contributed by atoms with Crippen molar-refractivity contribution in [3.8, 4) is 0 Å². The number of amides is 2. The maximum atomic E-state index is 11.3. The van der Waals surface area contributed by atoms with Gasteiger partial charge >= 0.3 is 11.8 Å². The molecule has 2 amide bonds. The number of rotatable bonds is 3. The molecule has 1 saturated heterocycles. The predicted molar refractivity (Wildman–Crippen MR) is 50.4 cm³/mol. The Hall–Kier alpha value is -1.10. The van der Waals surface area contributed by atoms with Crippen molar-refractivity contribution >= 4 is 11.8 Å². The smallest absolute Gasteiger partial charge is 0.312 e. The summed E-state index contributed by atoms with van der Waals surface area (Å²) in [5, 5.41) is 11.4. The van der Waals surface area contributed by atoms with E-state index in [9.17, 15) is 9.59 Å². The Kier molecular flexibility index (Phi) is 3.46. The Labute approximate surface area is 83.1 Å². The van der Waals surface area contributed by atoms with Gasteiger partial charge in [0.05, 0.1) is 6.61 Å². The highest BCUT2D eigenvalue weighted by Crippen LogP contribution is 2.09. The molecule has 1 atom stereocenters. The topological polar surface area (TPSA) is 69.6 Å². The van der Waals surface area contributed by atoms with Crippen molar-refractivity contribution in [1.29, 1.82) is 0 Å². The van der Waals surface area contributed by atoms with E-state index in [0.717, 1.165) is 0 Å². The molecule has 5 heteroatoms. The third-order valence-corrected chi connectivity index (χ3v) is 2.39. The van der Waals surface area contributed by atoms with Crippen LogP contribution in [0.4, 0.5) is 0 Å². The quantitative estimate of drug-likeness (QED) is 0.572. The van der Waals surface area contributed by atoms with Gasteiger partial charge in [-0.1, -0.05) is 13.8 Å². The SMILES string of the molecule is CC(C)C1CN(CCO)C(=O)C(=O)N1. The first-order valence-corrected chi connectivity index (χ1v) is 4.77. The number of carbonyl (C=O) groups is 2. The number of hydrogen-bond acceptors (Lipinski definition) is 3. The van der Waals surface area contributed by atoms with Crippen molar-refractivity contribution < 1.29 is 14.7 Å². The summed E-state index contributed by atoms with van der Waals surface area (Å²) in [6.45, 7) is 4.58.